The summed E-state index contributed by atoms with van der Waals surface area (Å²) in [7, 11) is 3.17. The van der Waals surface area contributed by atoms with Gasteiger partial charge in [-0.05, 0) is 6.07 Å². The molecule has 0 bridgehead atoms. The van der Waals surface area contributed by atoms with E-state index in [2.05, 4.69) is 5.22 Å². The summed E-state index contributed by atoms with van der Waals surface area (Å²) in [5.41, 5.74) is -0.0137. The van der Waals surface area contributed by atoms with Crippen molar-refractivity contribution in [2.24, 2.45) is 5.22 Å². The predicted molar refractivity (Wildman–Crippen MR) is 52.5 cm³/mol. The van der Waals surface area contributed by atoms with Crippen LogP contribution < -0.4 is 0 Å². The minimum Gasteiger partial charge on any atom is -0.691 e. The maximum absolute atomic E-state index is 11.3. The molecule has 1 aromatic rings. The normalized spacial score (nSPS) is 11.2. The maximum Gasteiger partial charge on any atom is 0.273 e. The highest BCUT2D eigenvalue weighted by molar-refractivity contribution is 5.42. The molecule has 0 amide bonds. The molecule has 0 aliphatic heterocycles. The molecule has 7 nitrogen and oxygen atoms in total. The van der Waals surface area contributed by atoms with Gasteiger partial charge in [0.2, 0.25) is 0 Å². The Morgan fingerprint density at radius 3 is 2.40 bits per heavy atom. The first kappa shape index (κ1) is 10.9. The molecule has 0 N–H and O–H groups in total. The van der Waals surface area contributed by atoms with E-state index in [9.17, 15) is 15.3 Å². The molecule has 0 unspecified atom stereocenters. The van der Waals surface area contributed by atoms with Gasteiger partial charge in [0.15, 0.2) is 5.69 Å². The zero-order chi connectivity index (χ0) is 11.4. The molecule has 0 saturated heterocycles. The topological polar surface area (TPSA) is 84.8 Å². The zero-order valence-electron chi connectivity index (χ0n) is 8.32. The quantitative estimate of drug-likeness (QED) is 0.328. The number of non-ortho nitro benzene ring substituents is 1. The molecule has 15 heavy (non-hydrogen) atoms. The lowest BCUT2D eigenvalue weighted by Crippen LogP contribution is -2.06. The summed E-state index contributed by atoms with van der Waals surface area (Å²) in [5.74, 6) is 0. The Hall–Kier alpha value is -2.18. The van der Waals surface area contributed by atoms with E-state index in [4.69, 9.17) is 0 Å². The summed E-state index contributed by atoms with van der Waals surface area (Å²) in [6.07, 6.45) is 0. The lowest BCUT2D eigenvalue weighted by atomic mass is 10.3. The van der Waals surface area contributed by atoms with Gasteiger partial charge in [-0.25, -0.2) is 0 Å². The van der Waals surface area contributed by atoms with Gasteiger partial charge in [-0.2, -0.15) is 5.01 Å². The van der Waals surface area contributed by atoms with Gasteiger partial charge in [-0.1, -0.05) is 6.07 Å². The van der Waals surface area contributed by atoms with Crippen LogP contribution in [0, 0.1) is 15.3 Å². The van der Waals surface area contributed by atoms with E-state index in [1.807, 2.05) is 0 Å². The first-order valence-corrected chi connectivity index (χ1v) is 4.11. The first-order chi connectivity index (χ1) is 7.00. The van der Waals surface area contributed by atoms with E-state index in [0.717, 1.165) is 0 Å². The van der Waals surface area contributed by atoms with Crippen molar-refractivity contribution >= 4 is 11.4 Å². The molecule has 0 spiro atoms. The van der Waals surface area contributed by atoms with Gasteiger partial charge in [0.25, 0.3) is 5.69 Å². The molecule has 1 rings (SSSR count). The van der Waals surface area contributed by atoms with Gasteiger partial charge in [-0.3, -0.25) is 10.1 Å². The average Bonchev–Trinajstić information content (AvgIpc) is 2.17. The summed E-state index contributed by atoms with van der Waals surface area (Å²) < 4.78 is 0. The van der Waals surface area contributed by atoms with Crippen LogP contribution in [0.5, 0.6) is 0 Å². The number of benzene rings is 1. The lowest BCUT2D eigenvalue weighted by molar-refractivity contribution is -0.460. The van der Waals surface area contributed by atoms with Crippen molar-refractivity contribution in [2.75, 3.05) is 14.1 Å². The second-order valence-corrected chi connectivity index (χ2v) is 2.99. The van der Waals surface area contributed by atoms with E-state index >= 15 is 0 Å². The molecular weight excluding hydrogens is 200 g/mol. The van der Waals surface area contributed by atoms with E-state index < -0.39 is 4.92 Å². The molecule has 80 valence electrons. The van der Waals surface area contributed by atoms with Crippen molar-refractivity contribution in [3.63, 3.8) is 0 Å². The Morgan fingerprint density at radius 1 is 1.27 bits per heavy atom. The lowest BCUT2D eigenvalue weighted by Gasteiger charge is -2.06. The summed E-state index contributed by atoms with van der Waals surface area (Å²) in [4.78, 5) is 10.2. The van der Waals surface area contributed by atoms with Crippen LogP contribution >= 0.6 is 0 Å². The SMILES string of the molecule is CN(C)/N=[N+](\[O-])c1cccc([N+](=O)[O-])c1. The van der Waals surface area contributed by atoms with Gasteiger partial charge >= 0.3 is 0 Å². The van der Waals surface area contributed by atoms with Crippen molar-refractivity contribution < 1.29 is 9.78 Å². The van der Waals surface area contributed by atoms with Crippen LogP contribution in [0.4, 0.5) is 11.4 Å². The highest BCUT2D eigenvalue weighted by atomic mass is 16.6. The number of nitro groups is 1. The standard InChI is InChI=1S/C8H10N4O3/c1-10(2)9-11(13)7-4-3-5-8(6-7)12(14)15/h3-6H,1-2H3/b11-9-. The number of nitro benzene ring substituents is 1. The second kappa shape index (κ2) is 4.36. The molecule has 0 radical (unpaired) electrons. The van der Waals surface area contributed by atoms with Crippen molar-refractivity contribution in [1.82, 2.24) is 5.01 Å². The number of hydrogen-bond donors (Lipinski definition) is 0. The van der Waals surface area contributed by atoms with Gasteiger partial charge in [0.1, 0.15) is 0 Å². The smallest absolute Gasteiger partial charge is 0.273 e. The Kier molecular flexibility index (Phi) is 3.17. The molecule has 1 aromatic carbocycles. The van der Waals surface area contributed by atoms with Crippen LogP contribution in [-0.4, -0.2) is 28.9 Å². The minimum absolute atomic E-state index is 0.123. The van der Waals surface area contributed by atoms with Crippen LogP contribution in [0.2, 0.25) is 0 Å². The predicted octanol–water partition coefficient (Wildman–Crippen LogP) is 1.67. The molecule has 0 atom stereocenters. The highest BCUT2D eigenvalue weighted by Gasteiger charge is 2.08. The third-order valence-electron chi connectivity index (χ3n) is 1.52. The van der Waals surface area contributed by atoms with Crippen LogP contribution in [-0.2, 0) is 0 Å². The number of hydrogen-bond acceptors (Lipinski definition) is 4. The van der Waals surface area contributed by atoms with Gasteiger partial charge in [-0.15, -0.1) is 4.86 Å². The minimum atomic E-state index is -0.562. The van der Waals surface area contributed by atoms with E-state index in [-0.39, 0.29) is 11.4 Å². The average molecular weight is 210 g/mol. The highest BCUT2D eigenvalue weighted by Crippen LogP contribution is 2.19. The van der Waals surface area contributed by atoms with E-state index in [1.165, 1.54) is 29.3 Å². The van der Waals surface area contributed by atoms with Crippen LogP contribution in [0.3, 0.4) is 0 Å². The summed E-state index contributed by atoms with van der Waals surface area (Å²) in [6, 6.07) is 5.36. The number of rotatable bonds is 3. The Labute approximate surface area is 85.9 Å². The van der Waals surface area contributed by atoms with Crippen molar-refractivity contribution in [1.29, 1.82) is 0 Å². The fourth-order valence-electron chi connectivity index (χ4n) is 0.940. The van der Waals surface area contributed by atoms with E-state index in [0.29, 0.717) is 4.86 Å². The monoisotopic (exact) mass is 210 g/mol. The van der Waals surface area contributed by atoms with Crippen molar-refractivity contribution in [2.45, 2.75) is 0 Å². The van der Waals surface area contributed by atoms with E-state index in [1.54, 1.807) is 14.1 Å². The molecule has 7 heteroatoms. The van der Waals surface area contributed by atoms with Gasteiger partial charge < -0.3 is 5.21 Å². The Balaban J connectivity index is 3.05. The third kappa shape index (κ3) is 2.90. The summed E-state index contributed by atoms with van der Waals surface area (Å²) in [5, 5.41) is 26.6. The Bertz CT molecular complexity index is 403. The summed E-state index contributed by atoms with van der Waals surface area (Å²) >= 11 is 0. The molecular formula is C8H10N4O3. The molecule has 0 fully saturated rings. The molecule has 0 aliphatic rings. The van der Waals surface area contributed by atoms with Crippen LogP contribution in [0.15, 0.2) is 29.5 Å². The van der Waals surface area contributed by atoms with Crippen molar-refractivity contribution in [3.05, 3.63) is 39.6 Å². The van der Waals surface area contributed by atoms with Crippen LogP contribution in [0.1, 0.15) is 0 Å². The molecule has 0 aliphatic carbocycles. The molecule has 0 heterocycles. The fraction of sp³-hybridized carbons (Fsp3) is 0.250. The molecule has 0 aromatic heterocycles. The maximum atomic E-state index is 11.3. The van der Waals surface area contributed by atoms with Crippen LogP contribution in [0.25, 0.3) is 0 Å². The fourth-order valence-corrected chi connectivity index (χ4v) is 0.940. The van der Waals surface area contributed by atoms with Crippen molar-refractivity contribution in [3.8, 4) is 0 Å². The number of nitrogens with zero attached hydrogens (tertiary/aromatic N) is 4. The molecule has 0 saturated carbocycles. The largest absolute Gasteiger partial charge is 0.691 e. The summed E-state index contributed by atoms with van der Waals surface area (Å²) in [6.45, 7) is 0. The second-order valence-electron chi connectivity index (χ2n) is 2.99. The Morgan fingerprint density at radius 2 is 1.87 bits per heavy atom. The van der Waals surface area contributed by atoms with Gasteiger partial charge in [0, 0.05) is 6.07 Å². The third-order valence-corrected chi connectivity index (χ3v) is 1.52. The van der Waals surface area contributed by atoms with Gasteiger partial charge in [0.05, 0.1) is 30.3 Å². The first-order valence-electron chi connectivity index (χ1n) is 4.11. The zero-order valence-corrected chi connectivity index (χ0v) is 8.32.